The fourth-order valence-electron chi connectivity index (χ4n) is 0.370. The van der Waals surface area contributed by atoms with Crippen molar-refractivity contribution in [2.24, 2.45) is 5.92 Å². The first-order valence-electron chi connectivity index (χ1n) is 2.04. The average molecular weight is 214 g/mol. The molecule has 0 spiro atoms. The van der Waals surface area contributed by atoms with Gasteiger partial charge in [0.15, 0.2) is 0 Å². The van der Waals surface area contributed by atoms with E-state index in [2.05, 4.69) is 31.9 Å². The molecule has 2 atom stereocenters. The third kappa shape index (κ3) is 0.969. The minimum Gasteiger partial charge on any atom is -0.0925 e. The van der Waals surface area contributed by atoms with Crippen molar-refractivity contribution in [3.63, 3.8) is 0 Å². The Morgan fingerprint density at radius 1 is 1.67 bits per heavy atom. The molecule has 0 N–H and O–H groups in total. The van der Waals surface area contributed by atoms with Crippen LogP contribution in [0, 0.1) is 5.92 Å². The molecule has 36 valence electrons. The third-order valence-electron chi connectivity index (χ3n) is 1.03. The maximum Gasteiger partial charge on any atom is 0.0185 e. The molecule has 0 aromatic carbocycles. The van der Waals surface area contributed by atoms with Crippen LogP contribution in [0.2, 0.25) is 0 Å². The second-order valence-corrected chi connectivity index (χ2v) is 3.49. The zero-order chi connectivity index (χ0) is 4.57. The van der Waals surface area contributed by atoms with Crippen LogP contribution in [-0.4, -0.2) is 10.2 Å². The van der Waals surface area contributed by atoms with Crippen LogP contribution in [0.15, 0.2) is 0 Å². The van der Waals surface area contributed by atoms with Crippen molar-refractivity contribution < 1.29 is 0 Å². The normalized spacial score (nSPS) is 43.0. The highest BCUT2D eigenvalue weighted by molar-refractivity contribution is 9.10. The van der Waals surface area contributed by atoms with E-state index in [9.17, 15) is 0 Å². The van der Waals surface area contributed by atoms with E-state index in [0.717, 1.165) is 10.7 Å². The smallest absolute Gasteiger partial charge is 0.0185 e. The van der Waals surface area contributed by atoms with E-state index < -0.39 is 0 Å². The van der Waals surface area contributed by atoms with Crippen molar-refractivity contribution in [3.8, 4) is 0 Å². The first-order valence-corrected chi connectivity index (χ1v) is 4.08. The largest absolute Gasteiger partial charge is 0.0925 e. The van der Waals surface area contributed by atoms with Crippen molar-refractivity contribution in [1.29, 1.82) is 0 Å². The highest BCUT2D eigenvalue weighted by atomic mass is 79.9. The predicted octanol–water partition coefficient (Wildman–Crippen LogP) is 2.16. The topological polar surface area (TPSA) is 0 Å². The van der Waals surface area contributed by atoms with Gasteiger partial charge >= 0.3 is 0 Å². The molecule has 0 nitrogen and oxygen atoms in total. The molecule has 1 aliphatic carbocycles. The van der Waals surface area contributed by atoms with Crippen molar-refractivity contribution in [3.05, 3.63) is 0 Å². The molecule has 0 aromatic rings. The summed E-state index contributed by atoms with van der Waals surface area (Å²) in [6.45, 7) is 0. The average Bonchev–Trinajstić information content (AvgIpc) is 2.19. The molecule has 0 heterocycles. The van der Waals surface area contributed by atoms with Gasteiger partial charge in [0.25, 0.3) is 0 Å². The number of alkyl halides is 2. The van der Waals surface area contributed by atoms with Crippen LogP contribution in [0.4, 0.5) is 0 Å². The van der Waals surface area contributed by atoms with Crippen LogP contribution in [0.25, 0.3) is 0 Å². The van der Waals surface area contributed by atoms with Crippen LogP contribution >= 0.6 is 31.9 Å². The van der Waals surface area contributed by atoms with E-state index in [1.165, 1.54) is 11.8 Å². The number of rotatable bonds is 1. The highest BCUT2D eigenvalue weighted by Gasteiger charge is 2.32. The number of hydrogen-bond donors (Lipinski definition) is 0. The van der Waals surface area contributed by atoms with E-state index >= 15 is 0 Å². The first-order chi connectivity index (χ1) is 2.84. The lowest BCUT2D eigenvalue weighted by Gasteiger charge is -1.76. The molecule has 0 radical (unpaired) electrons. The van der Waals surface area contributed by atoms with E-state index in [1.54, 1.807) is 0 Å². The maximum atomic E-state index is 3.48. The molecule has 0 amide bonds. The molecule has 1 rings (SSSR count). The molecular weight excluding hydrogens is 208 g/mol. The van der Waals surface area contributed by atoms with Gasteiger partial charge in [0.05, 0.1) is 0 Å². The lowest BCUT2D eigenvalue weighted by Crippen LogP contribution is -1.75. The third-order valence-corrected chi connectivity index (χ3v) is 2.99. The van der Waals surface area contributed by atoms with Gasteiger partial charge in [0, 0.05) is 10.2 Å². The Hall–Kier alpha value is 0.960. The Morgan fingerprint density at radius 2 is 2.17 bits per heavy atom. The molecule has 6 heavy (non-hydrogen) atoms. The Labute approximate surface area is 54.6 Å². The maximum absolute atomic E-state index is 3.48. The van der Waals surface area contributed by atoms with Crippen LogP contribution < -0.4 is 0 Å². The summed E-state index contributed by atoms with van der Waals surface area (Å²) in [5, 5.41) is 1.17. The second kappa shape index (κ2) is 1.83. The fraction of sp³-hybridized carbons (Fsp3) is 1.00. The van der Waals surface area contributed by atoms with Crippen molar-refractivity contribution in [2.75, 3.05) is 5.33 Å². The Balaban J connectivity index is 2.09. The summed E-state index contributed by atoms with van der Waals surface area (Å²) >= 11 is 6.87. The Bertz CT molecular complexity index is 51.5. The van der Waals surface area contributed by atoms with Crippen LogP contribution in [0.5, 0.6) is 0 Å². The quantitative estimate of drug-likeness (QED) is 0.586. The first kappa shape index (κ1) is 5.10. The summed E-state index contributed by atoms with van der Waals surface area (Å²) in [5.74, 6) is 0.935. The highest BCUT2D eigenvalue weighted by Crippen LogP contribution is 2.38. The molecule has 0 aromatic heterocycles. The molecule has 1 saturated carbocycles. The van der Waals surface area contributed by atoms with Gasteiger partial charge in [0.1, 0.15) is 0 Å². The number of hydrogen-bond acceptors (Lipinski definition) is 0. The van der Waals surface area contributed by atoms with Crippen LogP contribution in [0.1, 0.15) is 6.42 Å². The summed E-state index contributed by atoms with van der Waals surface area (Å²) in [4.78, 5) is 0.830. The number of halogens is 2. The van der Waals surface area contributed by atoms with Crippen molar-refractivity contribution in [2.45, 2.75) is 11.2 Å². The van der Waals surface area contributed by atoms with Crippen LogP contribution in [0.3, 0.4) is 0 Å². The van der Waals surface area contributed by atoms with Gasteiger partial charge in [-0.25, -0.2) is 0 Å². The van der Waals surface area contributed by atoms with Gasteiger partial charge in [-0.2, -0.15) is 0 Å². The van der Waals surface area contributed by atoms with Gasteiger partial charge in [-0.15, -0.1) is 0 Å². The van der Waals surface area contributed by atoms with Gasteiger partial charge in [-0.05, 0) is 12.3 Å². The molecule has 0 aliphatic heterocycles. The monoisotopic (exact) mass is 212 g/mol. The summed E-state index contributed by atoms with van der Waals surface area (Å²) < 4.78 is 0. The van der Waals surface area contributed by atoms with Gasteiger partial charge in [0.2, 0.25) is 0 Å². The standard InChI is InChI=1S/C4H6Br2/c5-2-3-1-4(3)6/h3-4H,1-2H2/t3-,4-/m1/s1. The summed E-state index contributed by atoms with van der Waals surface area (Å²) in [6.07, 6.45) is 1.37. The minimum atomic E-state index is 0.830. The van der Waals surface area contributed by atoms with E-state index in [4.69, 9.17) is 0 Å². The summed E-state index contributed by atoms with van der Waals surface area (Å²) in [6, 6.07) is 0. The lowest BCUT2D eigenvalue weighted by atomic mass is 10.5. The molecule has 0 saturated heterocycles. The minimum absolute atomic E-state index is 0.830. The summed E-state index contributed by atoms with van der Waals surface area (Å²) in [7, 11) is 0. The van der Waals surface area contributed by atoms with Gasteiger partial charge < -0.3 is 0 Å². The second-order valence-electron chi connectivity index (χ2n) is 1.67. The Kier molecular flexibility index (Phi) is 1.55. The van der Waals surface area contributed by atoms with Gasteiger partial charge in [-0.3, -0.25) is 0 Å². The summed E-state index contributed by atoms with van der Waals surface area (Å²) in [5.41, 5.74) is 0. The van der Waals surface area contributed by atoms with E-state index in [-0.39, 0.29) is 0 Å². The Morgan fingerprint density at radius 3 is 2.17 bits per heavy atom. The van der Waals surface area contributed by atoms with Crippen LogP contribution in [-0.2, 0) is 0 Å². The SMILES string of the molecule is BrC[C@H]1C[C@H]1Br. The van der Waals surface area contributed by atoms with Crippen molar-refractivity contribution >= 4 is 31.9 Å². The zero-order valence-corrected chi connectivity index (χ0v) is 6.50. The predicted molar refractivity (Wildman–Crippen MR) is 34.6 cm³/mol. The zero-order valence-electron chi connectivity index (χ0n) is 3.32. The van der Waals surface area contributed by atoms with E-state index in [1.807, 2.05) is 0 Å². The molecule has 2 heteroatoms. The van der Waals surface area contributed by atoms with Gasteiger partial charge in [-0.1, -0.05) is 31.9 Å². The van der Waals surface area contributed by atoms with E-state index in [0.29, 0.717) is 0 Å². The molecule has 0 bridgehead atoms. The molecular formula is C4H6Br2. The molecule has 1 fully saturated rings. The fourth-order valence-corrected chi connectivity index (χ4v) is 2.25. The molecule has 0 unspecified atom stereocenters. The van der Waals surface area contributed by atoms with Crippen molar-refractivity contribution in [1.82, 2.24) is 0 Å². The lowest BCUT2D eigenvalue weighted by molar-refractivity contribution is 1.02. The molecule has 1 aliphatic rings.